The number of anilines is 1. The van der Waals surface area contributed by atoms with E-state index in [1.165, 1.54) is 36.4 Å². The number of benzene rings is 3. The zero-order valence-electron chi connectivity index (χ0n) is 21.0. The van der Waals surface area contributed by atoms with Crippen molar-refractivity contribution in [1.29, 1.82) is 0 Å². The van der Waals surface area contributed by atoms with Crippen LogP contribution < -0.4 is 14.8 Å². The Morgan fingerprint density at radius 1 is 0.974 bits per heavy atom. The van der Waals surface area contributed by atoms with E-state index < -0.39 is 61.8 Å². The second-order valence-electron chi connectivity index (χ2n) is 9.58. The molecule has 1 amide bonds. The van der Waals surface area contributed by atoms with Gasteiger partial charge in [0.1, 0.15) is 16.5 Å². The monoisotopic (exact) mass is 546 g/mol. The number of aliphatic carboxylic acids is 1. The molecule has 0 heterocycles. The van der Waals surface area contributed by atoms with Crippen LogP contribution in [0.5, 0.6) is 23.0 Å². The summed E-state index contributed by atoms with van der Waals surface area (Å²) in [4.78, 5) is 23.2. The van der Waals surface area contributed by atoms with E-state index in [1.54, 1.807) is 27.7 Å². The lowest BCUT2D eigenvalue weighted by molar-refractivity contribution is -0.136. The molecule has 0 saturated heterocycles. The molecule has 0 spiro atoms. The maximum atomic E-state index is 14.4. The largest absolute Gasteiger partial charge is 0.507 e. The van der Waals surface area contributed by atoms with Crippen LogP contribution in [-0.4, -0.2) is 41.2 Å². The number of hydrogen-bond donors (Lipinski definition) is 5. The fraction of sp³-hybridized carbons (Fsp3) is 0.231. The molecule has 0 saturated carbocycles. The number of hydrogen-bond acceptors (Lipinski definition) is 7. The summed E-state index contributed by atoms with van der Waals surface area (Å²) >= 11 is 0. The normalized spacial score (nSPS) is 11.6. The van der Waals surface area contributed by atoms with Crippen LogP contribution in [0.15, 0.2) is 53.4 Å². The van der Waals surface area contributed by atoms with Gasteiger partial charge in [-0.1, -0.05) is 6.07 Å². The van der Waals surface area contributed by atoms with E-state index >= 15 is 0 Å². The first kappa shape index (κ1) is 28.3. The molecule has 0 fully saturated rings. The van der Waals surface area contributed by atoms with Crippen molar-refractivity contribution < 1.29 is 42.5 Å². The Balaban J connectivity index is 2.07. The van der Waals surface area contributed by atoms with Crippen LogP contribution in [-0.2, 0) is 21.2 Å². The number of amides is 1. The van der Waals surface area contributed by atoms with E-state index in [-0.39, 0.29) is 22.6 Å². The molecule has 12 heteroatoms. The molecule has 0 aromatic heterocycles. The second kappa shape index (κ2) is 10.6. The summed E-state index contributed by atoms with van der Waals surface area (Å²) in [6.45, 7) is 6.95. The van der Waals surface area contributed by atoms with Crippen LogP contribution in [0.2, 0.25) is 0 Å². The van der Waals surface area contributed by atoms with Crippen molar-refractivity contribution in [3.05, 3.63) is 71.0 Å². The molecule has 0 atom stereocenters. The molecule has 0 radical (unpaired) electrons. The first-order valence-corrected chi connectivity index (χ1v) is 12.7. The molecular weight excluding hydrogens is 519 g/mol. The summed E-state index contributed by atoms with van der Waals surface area (Å²) in [5.74, 6) is -4.53. The molecule has 10 nitrogen and oxygen atoms in total. The van der Waals surface area contributed by atoms with Crippen LogP contribution in [0.4, 0.5) is 10.1 Å². The quantitative estimate of drug-likeness (QED) is 0.279. The van der Waals surface area contributed by atoms with Gasteiger partial charge in [0.2, 0.25) is 0 Å². The van der Waals surface area contributed by atoms with E-state index in [0.29, 0.717) is 5.56 Å². The molecule has 0 aliphatic carbocycles. The Bertz CT molecular complexity index is 1510. The number of ether oxygens (including phenoxy) is 1. The molecule has 0 aliphatic rings. The Morgan fingerprint density at radius 3 is 2.26 bits per heavy atom. The molecule has 38 heavy (non-hydrogen) atoms. The first-order chi connectivity index (χ1) is 17.6. The van der Waals surface area contributed by atoms with Crippen molar-refractivity contribution in [2.45, 2.75) is 44.6 Å². The highest BCUT2D eigenvalue weighted by molar-refractivity contribution is 7.92. The summed E-state index contributed by atoms with van der Waals surface area (Å²) in [5.41, 5.74) is -0.450. The van der Waals surface area contributed by atoms with Gasteiger partial charge in [-0.2, -0.15) is 0 Å². The zero-order chi connectivity index (χ0) is 28.4. The van der Waals surface area contributed by atoms with Gasteiger partial charge in [-0.15, -0.1) is 0 Å². The number of sulfonamides is 1. The minimum absolute atomic E-state index is 0.0605. The Hall–Kier alpha value is -4.32. The van der Waals surface area contributed by atoms with Crippen LogP contribution in [0.1, 0.15) is 42.3 Å². The molecule has 0 aliphatic heterocycles. The van der Waals surface area contributed by atoms with Crippen LogP contribution >= 0.6 is 0 Å². The predicted molar refractivity (Wildman–Crippen MR) is 137 cm³/mol. The van der Waals surface area contributed by atoms with Crippen molar-refractivity contribution in [2.24, 2.45) is 0 Å². The number of aryl methyl sites for hydroxylation is 1. The second-order valence-corrected chi connectivity index (χ2v) is 11.2. The van der Waals surface area contributed by atoms with Gasteiger partial charge in [0.15, 0.2) is 17.2 Å². The van der Waals surface area contributed by atoms with Gasteiger partial charge in [0.05, 0.1) is 12.1 Å². The number of phenols is 2. The van der Waals surface area contributed by atoms with Crippen LogP contribution in [0.25, 0.3) is 0 Å². The third kappa shape index (κ3) is 6.91. The predicted octanol–water partition coefficient (Wildman–Crippen LogP) is 4.29. The maximum Gasteiger partial charge on any atom is 0.307 e. The Kier molecular flexibility index (Phi) is 7.87. The Morgan fingerprint density at radius 2 is 1.66 bits per heavy atom. The van der Waals surface area contributed by atoms with Gasteiger partial charge in [-0.3, -0.25) is 14.3 Å². The molecule has 3 aromatic carbocycles. The third-order valence-corrected chi connectivity index (χ3v) is 6.48. The fourth-order valence-corrected chi connectivity index (χ4v) is 4.53. The van der Waals surface area contributed by atoms with Gasteiger partial charge in [-0.05, 0) is 69.7 Å². The number of rotatable bonds is 8. The maximum absolute atomic E-state index is 14.4. The van der Waals surface area contributed by atoms with Crippen LogP contribution in [0, 0.1) is 12.7 Å². The van der Waals surface area contributed by atoms with Gasteiger partial charge in [-0.25, -0.2) is 12.8 Å². The number of carbonyl (C=O) groups is 2. The highest BCUT2D eigenvalue weighted by Gasteiger charge is 2.24. The summed E-state index contributed by atoms with van der Waals surface area (Å²) in [6.07, 6.45) is -0.678. The summed E-state index contributed by atoms with van der Waals surface area (Å²) in [5, 5.41) is 32.2. The first-order valence-electron chi connectivity index (χ1n) is 11.3. The molecular formula is C26H27FN2O8S. The number of halogens is 1. The smallest absolute Gasteiger partial charge is 0.307 e. The lowest BCUT2D eigenvalue weighted by Gasteiger charge is -2.21. The number of carbonyl (C=O) groups excluding carboxylic acids is 1. The van der Waals surface area contributed by atoms with E-state index in [0.717, 1.165) is 12.1 Å². The zero-order valence-corrected chi connectivity index (χ0v) is 21.8. The highest BCUT2D eigenvalue weighted by Crippen LogP contribution is 2.38. The topological polar surface area (TPSA) is 162 Å². The van der Waals surface area contributed by atoms with E-state index in [2.05, 4.69) is 10.0 Å². The van der Waals surface area contributed by atoms with Gasteiger partial charge in [0, 0.05) is 22.7 Å². The van der Waals surface area contributed by atoms with Crippen molar-refractivity contribution in [1.82, 2.24) is 5.32 Å². The average Bonchev–Trinajstić information content (AvgIpc) is 2.76. The average molecular weight is 547 g/mol. The number of carboxylic acid groups (broad SMARTS) is 1. The van der Waals surface area contributed by atoms with Crippen molar-refractivity contribution in [2.75, 3.05) is 4.72 Å². The van der Waals surface area contributed by atoms with Crippen LogP contribution in [0.3, 0.4) is 0 Å². The molecule has 3 aromatic rings. The van der Waals surface area contributed by atoms with Crippen molar-refractivity contribution in [3.8, 4) is 23.0 Å². The molecule has 3 rings (SSSR count). The lowest BCUT2D eigenvalue weighted by atomic mass is 10.1. The standard InChI is InChI=1S/C26H27FN2O8S/c1-14-5-8-23(20(31)9-14)38(35,36)29-18-10-15(25(34)28-26(2,3)4)6-7-21(18)37-22-13-17(27)16(11-19(22)30)12-24(32)33/h5-11,13,29-31H,12H2,1-4H3,(H,28,34)(H,32,33). The van der Waals surface area contributed by atoms with Crippen molar-refractivity contribution in [3.63, 3.8) is 0 Å². The summed E-state index contributed by atoms with van der Waals surface area (Å²) in [7, 11) is -4.41. The molecule has 202 valence electrons. The molecule has 0 unspecified atom stereocenters. The van der Waals surface area contributed by atoms with E-state index in [1.807, 2.05) is 0 Å². The highest BCUT2D eigenvalue weighted by atomic mass is 32.2. The minimum atomic E-state index is -4.41. The SMILES string of the molecule is Cc1ccc(S(=O)(=O)Nc2cc(C(=O)NC(C)(C)C)ccc2Oc2cc(F)c(CC(=O)O)cc2O)c(O)c1. The number of phenolic OH excluding ortho intramolecular Hbond substituents is 2. The van der Waals surface area contributed by atoms with Gasteiger partial charge >= 0.3 is 5.97 Å². The third-order valence-electron chi connectivity index (χ3n) is 5.07. The number of aromatic hydroxyl groups is 2. The minimum Gasteiger partial charge on any atom is -0.507 e. The molecule has 0 bridgehead atoms. The van der Waals surface area contributed by atoms with Gasteiger partial charge < -0.3 is 25.4 Å². The number of carboxylic acids is 1. The fourth-order valence-electron chi connectivity index (χ4n) is 3.39. The summed E-state index contributed by atoms with van der Waals surface area (Å²) < 4.78 is 48.5. The summed E-state index contributed by atoms with van der Waals surface area (Å²) in [6, 6.07) is 9.36. The van der Waals surface area contributed by atoms with E-state index in [4.69, 9.17) is 9.84 Å². The molecule has 5 N–H and O–H groups in total. The lowest BCUT2D eigenvalue weighted by Crippen LogP contribution is -2.40. The van der Waals surface area contributed by atoms with Crippen molar-refractivity contribution >= 4 is 27.6 Å². The van der Waals surface area contributed by atoms with E-state index in [9.17, 15) is 32.6 Å². The Labute approximate surface area is 218 Å². The number of nitrogens with one attached hydrogen (secondary N) is 2. The van der Waals surface area contributed by atoms with Gasteiger partial charge in [0.25, 0.3) is 15.9 Å².